The Morgan fingerprint density at radius 2 is 0.778 bits per heavy atom. The van der Waals surface area contributed by atoms with Crippen molar-refractivity contribution in [1.29, 1.82) is 0 Å². The van der Waals surface area contributed by atoms with Gasteiger partial charge in [-0.3, -0.25) is 0 Å². The first-order chi connectivity index (χ1) is 17.2. The molecule has 10 heteroatoms. The third-order valence-electron chi connectivity index (χ3n) is 4.69. The summed E-state index contributed by atoms with van der Waals surface area (Å²) in [7, 11) is -4.16. The number of hydrogen-bond donors (Lipinski definition) is 0. The highest BCUT2D eigenvalue weighted by atomic mass is 35.7. The van der Waals surface area contributed by atoms with Crippen LogP contribution in [0.4, 0.5) is 0 Å². The predicted octanol–water partition coefficient (Wildman–Crippen LogP) is 8.75. The highest BCUT2D eigenvalue weighted by molar-refractivity contribution is 7.82. The van der Waals surface area contributed by atoms with E-state index >= 15 is 0 Å². The molecule has 0 fully saturated rings. The third-order valence-corrected chi connectivity index (χ3v) is 7.26. The molecule has 4 aromatic carbocycles. The fourth-order valence-corrected chi connectivity index (χ4v) is 5.47. The second-order valence-electron chi connectivity index (χ2n) is 7.74. The standard InChI is InChI=1S/C26H23ClO7P2/c1-20-8-12-24(13-9-20)32-36(29,33-25-14-10-21(2)11-15-25)34-26-18-16-23(17-19-26)31-35(27,28)30-22-6-4-3-5-7-22/h3-19H,1-2H3. The predicted molar refractivity (Wildman–Crippen MR) is 139 cm³/mol. The highest BCUT2D eigenvalue weighted by Crippen LogP contribution is 2.54. The molecule has 0 N–H and O–H groups in total. The van der Waals surface area contributed by atoms with Crippen LogP contribution >= 0.6 is 26.0 Å². The van der Waals surface area contributed by atoms with Crippen LogP contribution in [0.25, 0.3) is 0 Å². The van der Waals surface area contributed by atoms with Gasteiger partial charge in [-0.2, -0.15) is 4.57 Å². The van der Waals surface area contributed by atoms with Crippen molar-refractivity contribution in [3.8, 4) is 28.7 Å². The van der Waals surface area contributed by atoms with Gasteiger partial charge in [-0.1, -0.05) is 53.6 Å². The van der Waals surface area contributed by atoms with Crippen LogP contribution < -0.4 is 22.6 Å². The molecule has 1 atom stereocenters. The van der Waals surface area contributed by atoms with Crippen LogP contribution in [0.5, 0.6) is 28.7 Å². The van der Waals surface area contributed by atoms with E-state index in [0.29, 0.717) is 17.2 Å². The highest BCUT2D eigenvalue weighted by Gasteiger charge is 2.33. The van der Waals surface area contributed by atoms with Gasteiger partial charge in [0, 0.05) is 11.2 Å². The molecule has 0 amide bonds. The van der Waals surface area contributed by atoms with E-state index in [2.05, 4.69) is 0 Å². The lowest BCUT2D eigenvalue weighted by Crippen LogP contribution is -2.07. The van der Waals surface area contributed by atoms with Crippen LogP contribution in [0.1, 0.15) is 11.1 Å². The van der Waals surface area contributed by atoms with Gasteiger partial charge in [-0.25, -0.2) is 4.57 Å². The lowest BCUT2D eigenvalue weighted by molar-refractivity contribution is 0.298. The summed E-state index contributed by atoms with van der Waals surface area (Å²) >= 11 is 5.95. The van der Waals surface area contributed by atoms with Gasteiger partial charge in [-0.15, -0.1) is 0 Å². The van der Waals surface area contributed by atoms with E-state index in [1.54, 1.807) is 54.6 Å². The van der Waals surface area contributed by atoms with Crippen LogP contribution in [0.15, 0.2) is 103 Å². The summed E-state index contributed by atoms with van der Waals surface area (Å²) in [6, 6.07) is 28.2. The minimum atomic E-state index is -4.16. The summed E-state index contributed by atoms with van der Waals surface area (Å²) in [5.74, 6) is 1.26. The Morgan fingerprint density at radius 1 is 0.472 bits per heavy atom. The van der Waals surface area contributed by atoms with E-state index in [4.69, 9.17) is 33.9 Å². The number of rotatable bonds is 10. The monoisotopic (exact) mass is 544 g/mol. The molecular weight excluding hydrogens is 522 g/mol. The maximum atomic E-state index is 13.6. The molecule has 0 saturated carbocycles. The number of hydrogen-bond acceptors (Lipinski definition) is 7. The molecule has 0 aliphatic carbocycles. The zero-order valence-corrected chi connectivity index (χ0v) is 22.0. The van der Waals surface area contributed by atoms with Crippen LogP contribution in [0.3, 0.4) is 0 Å². The molecule has 186 valence electrons. The van der Waals surface area contributed by atoms with Gasteiger partial charge in [0.2, 0.25) is 0 Å². The smallest absolute Gasteiger partial charge is 0.405 e. The van der Waals surface area contributed by atoms with Gasteiger partial charge in [0.25, 0.3) is 0 Å². The molecule has 7 nitrogen and oxygen atoms in total. The molecule has 0 aromatic heterocycles. The van der Waals surface area contributed by atoms with E-state index in [1.165, 1.54) is 24.3 Å². The summed E-state index contributed by atoms with van der Waals surface area (Å²) < 4.78 is 53.7. The molecule has 0 spiro atoms. The number of benzene rings is 4. The van der Waals surface area contributed by atoms with Gasteiger partial charge < -0.3 is 22.6 Å². The fourth-order valence-electron chi connectivity index (χ4n) is 2.95. The van der Waals surface area contributed by atoms with Crippen molar-refractivity contribution < 1.29 is 31.7 Å². The molecule has 0 radical (unpaired) electrons. The summed E-state index contributed by atoms with van der Waals surface area (Å²) in [6.07, 6.45) is 0. The van der Waals surface area contributed by atoms with E-state index in [-0.39, 0.29) is 11.5 Å². The molecule has 0 heterocycles. The van der Waals surface area contributed by atoms with E-state index in [1.807, 2.05) is 38.1 Å². The molecule has 1 unspecified atom stereocenters. The lowest BCUT2D eigenvalue weighted by atomic mass is 10.2. The maximum Gasteiger partial charge on any atom is 0.647 e. The van der Waals surface area contributed by atoms with Crippen LogP contribution in [-0.2, 0) is 9.13 Å². The average Bonchev–Trinajstić information content (AvgIpc) is 2.83. The summed E-state index contributed by atoms with van der Waals surface area (Å²) in [4.78, 5) is 0. The Hall–Kier alpha value is -3.37. The van der Waals surface area contributed by atoms with Crippen molar-refractivity contribution in [2.24, 2.45) is 0 Å². The summed E-state index contributed by atoms with van der Waals surface area (Å²) in [6.45, 7) is -0.110. The average molecular weight is 545 g/mol. The lowest BCUT2D eigenvalue weighted by Gasteiger charge is -2.20. The Labute approximate surface area is 214 Å². The van der Waals surface area contributed by atoms with Crippen LogP contribution in [0, 0.1) is 13.8 Å². The second kappa shape index (κ2) is 11.1. The number of phosphoric acid groups is 1. The van der Waals surface area contributed by atoms with E-state index in [9.17, 15) is 9.13 Å². The molecule has 4 rings (SSSR count). The Kier molecular flexibility index (Phi) is 7.95. The second-order valence-corrected chi connectivity index (χ2v) is 11.7. The quantitative estimate of drug-likeness (QED) is 0.185. The van der Waals surface area contributed by atoms with Crippen molar-refractivity contribution in [3.05, 3.63) is 114 Å². The Morgan fingerprint density at radius 3 is 1.17 bits per heavy atom. The molecular formula is C26H23ClO7P2. The summed E-state index contributed by atoms with van der Waals surface area (Å²) in [5, 5.41) is 0. The van der Waals surface area contributed by atoms with Crippen molar-refractivity contribution in [2.75, 3.05) is 0 Å². The SMILES string of the molecule is Cc1ccc(OP(=O)(Oc2ccc(C)cc2)Oc2ccc(OP(=O)(Cl)Oc3ccccc3)cc2)cc1. The molecule has 0 bridgehead atoms. The zero-order valence-electron chi connectivity index (χ0n) is 19.4. The molecule has 4 aromatic rings. The van der Waals surface area contributed by atoms with Gasteiger partial charge in [0.1, 0.15) is 28.7 Å². The summed E-state index contributed by atoms with van der Waals surface area (Å²) in [5.41, 5.74) is 2.03. The number of para-hydroxylation sites is 1. The van der Waals surface area contributed by atoms with Gasteiger partial charge in [-0.05, 0) is 74.5 Å². The van der Waals surface area contributed by atoms with Gasteiger partial charge >= 0.3 is 14.8 Å². The van der Waals surface area contributed by atoms with Crippen LogP contribution in [-0.4, -0.2) is 0 Å². The number of halogens is 1. The zero-order chi connectivity index (χ0) is 25.6. The Bertz CT molecular complexity index is 1330. The minimum absolute atomic E-state index is 0.158. The van der Waals surface area contributed by atoms with Crippen molar-refractivity contribution in [2.45, 2.75) is 13.8 Å². The van der Waals surface area contributed by atoms with Crippen molar-refractivity contribution in [3.63, 3.8) is 0 Å². The number of aryl methyl sites for hydroxylation is 2. The van der Waals surface area contributed by atoms with Crippen molar-refractivity contribution in [1.82, 2.24) is 0 Å². The molecule has 0 aliphatic heterocycles. The molecule has 0 aliphatic rings. The first kappa shape index (κ1) is 25.7. The third kappa shape index (κ3) is 7.56. The van der Waals surface area contributed by atoms with E-state index < -0.39 is 14.8 Å². The Balaban J connectivity index is 1.50. The largest absolute Gasteiger partial charge is 0.647 e. The fraction of sp³-hybridized carbons (Fsp3) is 0.0769. The first-order valence-electron chi connectivity index (χ1n) is 10.8. The minimum Gasteiger partial charge on any atom is -0.405 e. The molecule has 36 heavy (non-hydrogen) atoms. The molecule has 0 saturated heterocycles. The maximum absolute atomic E-state index is 13.6. The van der Waals surface area contributed by atoms with Crippen LogP contribution in [0.2, 0.25) is 0 Å². The van der Waals surface area contributed by atoms with Crippen molar-refractivity contribution >= 4 is 26.0 Å². The normalized spacial score (nSPS) is 12.8. The first-order valence-corrected chi connectivity index (χ1v) is 14.8. The van der Waals surface area contributed by atoms with E-state index in [0.717, 1.165) is 11.1 Å². The van der Waals surface area contributed by atoms with Gasteiger partial charge in [0.05, 0.1) is 0 Å². The topological polar surface area (TPSA) is 80.3 Å². The number of phosphoric ester groups is 1. The van der Waals surface area contributed by atoms with Gasteiger partial charge in [0.15, 0.2) is 0 Å².